The quantitative estimate of drug-likeness (QED) is 0.633. The number of alkyl halides is 5. The van der Waals surface area contributed by atoms with E-state index >= 15 is 0 Å². The zero-order valence-corrected chi connectivity index (χ0v) is 10.4. The fourth-order valence-electron chi connectivity index (χ4n) is 1.59. The van der Waals surface area contributed by atoms with E-state index in [2.05, 4.69) is 14.5 Å². The summed E-state index contributed by atoms with van der Waals surface area (Å²) in [4.78, 5) is 14.4. The highest BCUT2D eigenvalue weighted by molar-refractivity contribution is 5.73. The Hall–Kier alpha value is -1.93. The summed E-state index contributed by atoms with van der Waals surface area (Å²) in [5, 5.41) is 0. The molecule has 0 aliphatic rings. The number of methoxy groups -OCH3 is 2. The molecule has 0 aliphatic heterocycles. The van der Waals surface area contributed by atoms with Gasteiger partial charge in [0.2, 0.25) is 5.88 Å². The summed E-state index contributed by atoms with van der Waals surface area (Å²) in [5.74, 6) is -1.92. The highest BCUT2D eigenvalue weighted by Crippen LogP contribution is 2.42. The minimum atomic E-state index is -5.09. The second kappa shape index (κ2) is 6.02. The number of rotatable bonds is 4. The summed E-state index contributed by atoms with van der Waals surface area (Å²) in [6.07, 6.45) is -8.53. The van der Waals surface area contributed by atoms with Crippen LogP contribution in [0.5, 0.6) is 5.88 Å². The number of carbonyl (C=O) groups is 1. The maximum Gasteiger partial charge on any atom is 0.422 e. The molecule has 20 heavy (non-hydrogen) atoms. The molecule has 0 aliphatic carbocycles. The fraction of sp³-hybridized carbons (Fsp3) is 0.455. The molecule has 0 atom stereocenters. The normalized spacial score (nSPS) is 11.6. The second-order valence-electron chi connectivity index (χ2n) is 3.63. The lowest BCUT2D eigenvalue weighted by molar-refractivity contribution is -0.142. The number of halogens is 5. The van der Waals surface area contributed by atoms with E-state index in [-0.39, 0.29) is 0 Å². The van der Waals surface area contributed by atoms with Crippen molar-refractivity contribution in [1.82, 2.24) is 4.98 Å². The molecule has 0 saturated heterocycles. The molecule has 0 fully saturated rings. The maximum absolute atomic E-state index is 13.0. The van der Waals surface area contributed by atoms with Gasteiger partial charge in [-0.05, 0) is 5.56 Å². The molecule has 9 heteroatoms. The predicted octanol–water partition coefficient (Wildman–Crippen LogP) is 2.76. The molecule has 0 N–H and O–H groups in total. The van der Waals surface area contributed by atoms with Gasteiger partial charge in [-0.15, -0.1) is 0 Å². The molecule has 112 valence electrons. The van der Waals surface area contributed by atoms with Crippen LogP contribution >= 0.6 is 0 Å². The first-order valence-electron chi connectivity index (χ1n) is 5.20. The van der Waals surface area contributed by atoms with Crippen LogP contribution in [0.1, 0.15) is 23.1 Å². The van der Waals surface area contributed by atoms with Gasteiger partial charge in [-0.1, -0.05) is 0 Å². The third-order valence-corrected chi connectivity index (χ3v) is 2.42. The summed E-state index contributed by atoms with van der Waals surface area (Å²) in [6.45, 7) is 0. The molecular weight excluding hydrogens is 289 g/mol. The van der Waals surface area contributed by atoms with Gasteiger partial charge in [-0.3, -0.25) is 4.79 Å². The zero-order chi connectivity index (χ0) is 15.5. The largest absolute Gasteiger partial charge is 0.481 e. The van der Waals surface area contributed by atoms with Gasteiger partial charge in [0.1, 0.15) is 5.56 Å². The molecule has 1 aromatic rings. The molecule has 1 heterocycles. The van der Waals surface area contributed by atoms with Gasteiger partial charge < -0.3 is 9.47 Å². The van der Waals surface area contributed by atoms with Crippen LogP contribution in [0.2, 0.25) is 0 Å². The van der Waals surface area contributed by atoms with Crippen molar-refractivity contribution >= 4 is 5.97 Å². The molecule has 0 radical (unpaired) electrons. The Balaban J connectivity index is 3.52. The first-order valence-corrected chi connectivity index (χ1v) is 5.20. The van der Waals surface area contributed by atoms with E-state index in [1.165, 1.54) is 0 Å². The summed E-state index contributed by atoms with van der Waals surface area (Å²) >= 11 is 0. The lowest BCUT2D eigenvalue weighted by atomic mass is 10.0. The van der Waals surface area contributed by atoms with Gasteiger partial charge in [0.25, 0.3) is 6.43 Å². The molecule has 1 rings (SSSR count). The minimum Gasteiger partial charge on any atom is -0.481 e. The van der Waals surface area contributed by atoms with Crippen molar-refractivity contribution in [3.8, 4) is 5.88 Å². The number of aromatic nitrogens is 1. The van der Waals surface area contributed by atoms with Gasteiger partial charge in [0, 0.05) is 11.8 Å². The van der Waals surface area contributed by atoms with Gasteiger partial charge >= 0.3 is 12.1 Å². The van der Waals surface area contributed by atoms with Crippen LogP contribution in [0.25, 0.3) is 0 Å². The third-order valence-electron chi connectivity index (χ3n) is 2.42. The van der Waals surface area contributed by atoms with Gasteiger partial charge in [-0.2, -0.15) is 13.2 Å². The Morgan fingerprint density at radius 1 is 1.35 bits per heavy atom. The van der Waals surface area contributed by atoms with Gasteiger partial charge in [0.05, 0.1) is 20.6 Å². The Morgan fingerprint density at radius 3 is 2.35 bits per heavy atom. The van der Waals surface area contributed by atoms with Crippen LogP contribution in [0.3, 0.4) is 0 Å². The Morgan fingerprint density at radius 2 is 1.95 bits per heavy atom. The second-order valence-corrected chi connectivity index (χ2v) is 3.63. The highest BCUT2D eigenvalue weighted by atomic mass is 19.4. The molecule has 0 aromatic carbocycles. The Kier molecular flexibility index (Phi) is 4.85. The monoisotopic (exact) mass is 299 g/mol. The van der Waals surface area contributed by atoms with Crippen LogP contribution < -0.4 is 4.74 Å². The van der Waals surface area contributed by atoms with Crippen molar-refractivity contribution in [2.45, 2.75) is 19.0 Å². The van der Waals surface area contributed by atoms with Crippen LogP contribution in [0, 0.1) is 0 Å². The van der Waals surface area contributed by atoms with E-state index < -0.39 is 47.6 Å². The van der Waals surface area contributed by atoms with Crippen LogP contribution in [0.15, 0.2) is 6.20 Å². The van der Waals surface area contributed by atoms with E-state index in [1.54, 1.807) is 0 Å². The van der Waals surface area contributed by atoms with Gasteiger partial charge in [0.15, 0.2) is 0 Å². The van der Waals surface area contributed by atoms with Crippen molar-refractivity contribution in [1.29, 1.82) is 0 Å². The fourth-order valence-corrected chi connectivity index (χ4v) is 1.59. The lowest BCUT2D eigenvalue weighted by Gasteiger charge is -2.18. The third kappa shape index (κ3) is 3.34. The number of hydrogen-bond acceptors (Lipinski definition) is 4. The van der Waals surface area contributed by atoms with Crippen LogP contribution in [-0.4, -0.2) is 25.2 Å². The number of ether oxygens (including phenoxy) is 2. The predicted molar refractivity (Wildman–Crippen MR) is 56.5 cm³/mol. The number of nitrogens with zero attached hydrogens (tertiary/aromatic N) is 1. The molecule has 0 saturated carbocycles. The smallest absolute Gasteiger partial charge is 0.422 e. The number of pyridine rings is 1. The van der Waals surface area contributed by atoms with Crippen LogP contribution in [0.4, 0.5) is 22.0 Å². The van der Waals surface area contributed by atoms with Crippen molar-refractivity contribution < 1.29 is 36.2 Å². The van der Waals surface area contributed by atoms with E-state index in [4.69, 9.17) is 0 Å². The summed E-state index contributed by atoms with van der Waals surface area (Å²) in [6, 6.07) is 0. The van der Waals surface area contributed by atoms with Crippen molar-refractivity contribution in [3.05, 3.63) is 22.9 Å². The van der Waals surface area contributed by atoms with Crippen LogP contribution in [-0.2, 0) is 22.1 Å². The zero-order valence-electron chi connectivity index (χ0n) is 10.4. The minimum absolute atomic E-state index is 0.556. The Bertz CT molecular complexity index is 502. The molecule has 0 unspecified atom stereocenters. The first-order chi connectivity index (χ1) is 9.22. The van der Waals surface area contributed by atoms with E-state index in [0.29, 0.717) is 0 Å². The van der Waals surface area contributed by atoms with Gasteiger partial charge in [-0.25, -0.2) is 13.8 Å². The van der Waals surface area contributed by atoms with E-state index in [9.17, 15) is 26.7 Å². The maximum atomic E-state index is 13.0. The molecule has 0 amide bonds. The highest BCUT2D eigenvalue weighted by Gasteiger charge is 2.41. The lowest BCUT2D eigenvalue weighted by Crippen LogP contribution is -2.17. The number of carbonyl (C=O) groups excluding carboxylic acids is 1. The summed E-state index contributed by atoms with van der Waals surface area (Å²) in [7, 11) is 1.87. The molecule has 1 aromatic heterocycles. The molecule has 4 nitrogen and oxygen atoms in total. The standard InChI is InChI=1S/C11H10F5NO3/c1-19-6(18)3-5-4-17-10(20-2)8(11(14,15)16)7(5)9(12)13/h4,9H,3H2,1-2H3. The number of hydrogen-bond donors (Lipinski definition) is 0. The summed E-state index contributed by atoms with van der Waals surface area (Å²) in [5.41, 5.74) is -3.56. The molecule has 0 bridgehead atoms. The van der Waals surface area contributed by atoms with E-state index in [0.717, 1.165) is 20.4 Å². The summed E-state index contributed by atoms with van der Waals surface area (Å²) < 4.78 is 73.2. The topological polar surface area (TPSA) is 48.4 Å². The van der Waals surface area contributed by atoms with Crippen molar-refractivity contribution in [2.24, 2.45) is 0 Å². The van der Waals surface area contributed by atoms with E-state index in [1.807, 2.05) is 0 Å². The Labute approximate surface area is 110 Å². The molecule has 0 spiro atoms. The van der Waals surface area contributed by atoms with Crippen molar-refractivity contribution in [2.75, 3.05) is 14.2 Å². The molecular formula is C11H10F5NO3. The first kappa shape index (κ1) is 16.1. The average Bonchev–Trinajstić information content (AvgIpc) is 2.36. The SMILES string of the molecule is COC(=O)Cc1cnc(OC)c(C(F)(F)F)c1C(F)F. The average molecular weight is 299 g/mol. The number of esters is 1. The van der Waals surface area contributed by atoms with Crippen molar-refractivity contribution in [3.63, 3.8) is 0 Å².